The quantitative estimate of drug-likeness (QED) is 0.594. The summed E-state index contributed by atoms with van der Waals surface area (Å²) in [5, 5.41) is 0. The van der Waals surface area contributed by atoms with Crippen LogP contribution in [-0.4, -0.2) is 62.1 Å². The molecule has 0 saturated carbocycles. The Kier molecular flexibility index (Phi) is 4.48. The van der Waals surface area contributed by atoms with Crippen molar-refractivity contribution in [1.82, 2.24) is 19.8 Å². The number of esters is 1. The topological polar surface area (TPSA) is 113 Å². The Morgan fingerprint density at radius 1 is 1.17 bits per heavy atom. The number of rotatable bonds is 2. The Hall–Kier alpha value is -3.49. The molecule has 4 rings (SSSR count). The summed E-state index contributed by atoms with van der Waals surface area (Å²) in [6.45, 7) is 5.48. The van der Waals surface area contributed by atoms with Crippen LogP contribution >= 0.6 is 0 Å². The van der Waals surface area contributed by atoms with Crippen LogP contribution in [-0.2, 0) is 22.5 Å². The SMILES string of the molecule is COC(=O)C1Cc2nc[nH]c2CN1C(=O)c1ccc2c(c1)C(=O)N(C(C)(C)C)C2=O. The molecule has 1 aromatic heterocycles. The number of H-pyrrole nitrogens is 1. The standard InChI is InChI=1S/C21H22N4O5/c1-21(2,3)25-18(27)12-6-5-11(7-13(12)19(25)28)17(26)24-9-15-14(22-10-23-15)8-16(24)20(29)30-4/h5-7,10,16H,8-9H2,1-4H3,(H,22,23). The lowest BCUT2D eigenvalue weighted by Gasteiger charge is -2.33. The zero-order valence-electron chi connectivity index (χ0n) is 17.2. The monoisotopic (exact) mass is 410 g/mol. The van der Waals surface area contributed by atoms with Crippen LogP contribution in [0.15, 0.2) is 24.5 Å². The number of amides is 3. The summed E-state index contributed by atoms with van der Waals surface area (Å²) in [6, 6.07) is 3.61. The number of nitrogens with one attached hydrogen (secondary N) is 1. The van der Waals surface area contributed by atoms with E-state index in [4.69, 9.17) is 4.74 Å². The minimum atomic E-state index is -0.824. The van der Waals surface area contributed by atoms with Crippen molar-refractivity contribution in [1.29, 1.82) is 0 Å². The maximum Gasteiger partial charge on any atom is 0.329 e. The number of hydrogen-bond donors (Lipinski definition) is 1. The molecule has 0 aliphatic carbocycles. The first-order valence-electron chi connectivity index (χ1n) is 9.56. The fourth-order valence-electron chi connectivity index (χ4n) is 3.94. The van der Waals surface area contributed by atoms with E-state index in [1.807, 2.05) is 0 Å². The third-order valence-electron chi connectivity index (χ3n) is 5.44. The van der Waals surface area contributed by atoms with Crippen molar-refractivity contribution >= 4 is 23.7 Å². The molecule has 0 spiro atoms. The minimum absolute atomic E-state index is 0.159. The highest BCUT2D eigenvalue weighted by molar-refractivity contribution is 6.22. The first kappa shape index (κ1) is 19.8. The molecule has 2 aliphatic heterocycles. The highest BCUT2D eigenvalue weighted by Crippen LogP contribution is 2.31. The van der Waals surface area contributed by atoms with Crippen molar-refractivity contribution in [2.24, 2.45) is 0 Å². The molecule has 2 aliphatic rings. The van der Waals surface area contributed by atoms with Crippen LogP contribution in [0.3, 0.4) is 0 Å². The first-order chi connectivity index (χ1) is 14.1. The molecule has 0 bridgehead atoms. The Balaban J connectivity index is 1.70. The van der Waals surface area contributed by atoms with Gasteiger partial charge in [-0.2, -0.15) is 0 Å². The smallest absolute Gasteiger partial charge is 0.329 e. The maximum atomic E-state index is 13.3. The summed E-state index contributed by atoms with van der Waals surface area (Å²) in [4.78, 5) is 60.9. The molecule has 156 valence electrons. The van der Waals surface area contributed by atoms with Crippen LogP contribution in [0.4, 0.5) is 0 Å². The molecule has 1 aromatic carbocycles. The van der Waals surface area contributed by atoms with Crippen molar-refractivity contribution in [2.45, 2.75) is 45.3 Å². The van der Waals surface area contributed by atoms with Gasteiger partial charge in [0.15, 0.2) is 0 Å². The molecule has 30 heavy (non-hydrogen) atoms. The second-order valence-corrected chi connectivity index (χ2v) is 8.38. The third-order valence-corrected chi connectivity index (χ3v) is 5.44. The van der Waals surface area contributed by atoms with E-state index in [0.717, 1.165) is 5.69 Å². The zero-order chi connectivity index (χ0) is 21.8. The Morgan fingerprint density at radius 3 is 2.53 bits per heavy atom. The number of imidazole rings is 1. The van der Waals surface area contributed by atoms with Gasteiger partial charge in [-0.1, -0.05) is 0 Å². The number of fused-ring (bicyclic) bond motifs is 2. The molecular weight excluding hydrogens is 388 g/mol. The molecule has 9 heteroatoms. The van der Waals surface area contributed by atoms with Gasteiger partial charge in [0, 0.05) is 17.5 Å². The van der Waals surface area contributed by atoms with Crippen molar-refractivity contribution in [3.8, 4) is 0 Å². The predicted molar refractivity (Wildman–Crippen MR) is 105 cm³/mol. The van der Waals surface area contributed by atoms with Crippen molar-refractivity contribution in [3.63, 3.8) is 0 Å². The second-order valence-electron chi connectivity index (χ2n) is 8.38. The Labute approximate surface area is 173 Å². The molecule has 0 fully saturated rings. The largest absolute Gasteiger partial charge is 0.467 e. The summed E-state index contributed by atoms with van der Waals surface area (Å²) in [5.74, 6) is -1.78. The summed E-state index contributed by atoms with van der Waals surface area (Å²) in [5.41, 5.74) is 1.46. The molecule has 3 amide bonds. The number of benzene rings is 1. The first-order valence-corrected chi connectivity index (χ1v) is 9.56. The van der Waals surface area contributed by atoms with E-state index in [1.165, 1.54) is 41.4 Å². The van der Waals surface area contributed by atoms with Gasteiger partial charge < -0.3 is 14.6 Å². The van der Waals surface area contributed by atoms with E-state index < -0.39 is 29.4 Å². The number of carbonyl (C=O) groups excluding carboxylic acids is 4. The normalized spacial score (nSPS) is 18.3. The van der Waals surface area contributed by atoms with Gasteiger partial charge in [0.25, 0.3) is 17.7 Å². The molecule has 2 aromatic rings. The average molecular weight is 410 g/mol. The lowest BCUT2D eigenvalue weighted by Crippen LogP contribution is -2.49. The van der Waals surface area contributed by atoms with Gasteiger partial charge in [-0.25, -0.2) is 9.78 Å². The van der Waals surface area contributed by atoms with Crippen molar-refractivity contribution in [2.75, 3.05) is 7.11 Å². The molecule has 0 radical (unpaired) electrons. The van der Waals surface area contributed by atoms with Gasteiger partial charge in [-0.3, -0.25) is 19.3 Å². The summed E-state index contributed by atoms with van der Waals surface area (Å²) >= 11 is 0. The van der Waals surface area contributed by atoms with E-state index >= 15 is 0 Å². The predicted octanol–water partition coefficient (Wildman–Crippen LogP) is 1.54. The number of aromatic nitrogens is 2. The second kappa shape index (κ2) is 6.79. The lowest BCUT2D eigenvalue weighted by atomic mass is 9.99. The van der Waals surface area contributed by atoms with Crippen molar-refractivity contribution in [3.05, 3.63) is 52.6 Å². The van der Waals surface area contributed by atoms with E-state index in [0.29, 0.717) is 5.69 Å². The summed E-state index contributed by atoms with van der Waals surface area (Å²) < 4.78 is 4.88. The number of hydrogen-bond acceptors (Lipinski definition) is 6. The van der Waals surface area contributed by atoms with Gasteiger partial charge in [0.05, 0.1) is 42.5 Å². The van der Waals surface area contributed by atoms with Crippen LogP contribution in [0.2, 0.25) is 0 Å². The van der Waals surface area contributed by atoms with Crippen LogP contribution in [0.5, 0.6) is 0 Å². The average Bonchev–Trinajstić information content (AvgIpc) is 3.27. The number of ether oxygens (including phenoxy) is 1. The van der Waals surface area contributed by atoms with Gasteiger partial charge >= 0.3 is 5.97 Å². The van der Waals surface area contributed by atoms with E-state index in [9.17, 15) is 19.2 Å². The van der Waals surface area contributed by atoms with Crippen LogP contribution in [0.25, 0.3) is 0 Å². The summed E-state index contributed by atoms with van der Waals surface area (Å²) in [6.07, 6.45) is 1.76. The van der Waals surface area contributed by atoms with Gasteiger partial charge in [0.1, 0.15) is 6.04 Å². The van der Waals surface area contributed by atoms with Gasteiger partial charge in [-0.15, -0.1) is 0 Å². The lowest BCUT2D eigenvalue weighted by molar-refractivity contribution is -0.146. The minimum Gasteiger partial charge on any atom is -0.467 e. The number of carbonyl (C=O) groups is 4. The Morgan fingerprint density at radius 2 is 1.87 bits per heavy atom. The van der Waals surface area contributed by atoms with E-state index in [1.54, 1.807) is 20.8 Å². The number of aromatic amines is 1. The molecule has 0 saturated heterocycles. The van der Waals surface area contributed by atoms with Crippen molar-refractivity contribution < 1.29 is 23.9 Å². The van der Waals surface area contributed by atoms with Crippen LogP contribution in [0, 0.1) is 0 Å². The zero-order valence-corrected chi connectivity index (χ0v) is 17.2. The molecule has 1 N–H and O–H groups in total. The molecular formula is C21H22N4O5. The molecule has 9 nitrogen and oxygen atoms in total. The molecule has 3 heterocycles. The fraction of sp³-hybridized carbons (Fsp3) is 0.381. The molecule has 1 unspecified atom stereocenters. The van der Waals surface area contributed by atoms with Gasteiger partial charge in [0.2, 0.25) is 0 Å². The van der Waals surface area contributed by atoms with Crippen LogP contribution in [0.1, 0.15) is 63.2 Å². The number of nitrogens with zero attached hydrogens (tertiary/aromatic N) is 3. The number of methoxy groups -OCH3 is 1. The Bertz CT molecular complexity index is 1080. The fourth-order valence-corrected chi connectivity index (χ4v) is 3.94. The maximum absolute atomic E-state index is 13.3. The third kappa shape index (κ3) is 2.97. The van der Waals surface area contributed by atoms with Crippen LogP contribution < -0.4 is 0 Å². The highest BCUT2D eigenvalue weighted by Gasteiger charge is 2.43. The number of imide groups is 1. The van der Waals surface area contributed by atoms with E-state index in [2.05, 4.69) is 9.97 Å². The summed E-state index contributed by atoms with van der Waals surface area (Å²) in [7, 11) is 1.27. The van der Waals surface area contributed by atoms with Gasteiger partial charge in [-0.05, 0) is 39.0 Å². The van der Waals surface area contributed by atoms with E-state index in [-0.39, 0.29) is 35.6 Å². The highest BCUT2D eigenvalue weighted by atomic mass is 16.5. The molecule has 1 atom stereocenters.